The second-order valence-electron chi connectivity index (χ2n) is 6.65. The molecule has 2 aliphatic carbocycles. The van der Waals surface area contributed by atoms with Crippen LogP contribution in [-0.4, -0.2) is 27.2 Å². The van der Waals surface area contributed by atoms with Gasteiger partial charge in [-0.1, -0.05) is 0 Å². The van der Waals surface area contributed by atoms with Crippen molar-refractivity contribution < 1.29 is 9.53 Å². The quantitative estimate of drug-likeness (QED) is 0.904. The Balaban J connectivity index is 1.39. The molecular formula is C18H22N4O2. The third-order valence-corrected chi connectivity index (χ3v) is 4.96. The van der Waals surface area contributed by atoms with Crippen LogP contribution in [0.4, 0.5) is 5.69 Å². The first kappa shape index (κ1) is 15.2. The molecule has 0 saturated heterocycles. The van der Waals surface area contributed by atoms with Gasteiger partial charge in [0.25, 0.3) is 0 Å². The Kier molecular flexibility index (Phi) is 4.19. The van der Waals surface area contributed by atoms with Gasteiger partial charge in [-0.05, 0) is 51.0 Å². The zero-order valence-electron chi connectivity index (χ0n) is 13.6. The largest absolute Gasteiger partial charge is 0.474 e. The number of aromatic amines is 1. The minimum atomic E-state index is -0.137. The predicted molar refractivity (Wildman–Crippen MR) is 90.0 cm³/mol. The lowest BCUT2D eigenvalue weighted by atomic mass is 9.86. The highest BCUT2D eigenvalue weighted by atomic mass is 16.5. The van der Waals surface area contributed by atoms with Gasteiger partial charge in [-0.25, -0.2) is 4.98 Å². The Bertz CT molecular complexity index is 704. The number of rotatable bonds is 4. The van der Waals surface area contributed by atoms with Gasteiger partial charge in [0.15, 0.2) is 0 Å². The zero-order chi connectivity index (χ0) is 16.4. The first-order chi connectivity index (χ1) is 11.8. The third-order valence-electron chi connectivity index (χ3n) is 4.96. The fourth-order valence-corrected chi connectivity index (χ4v) is 3.66. The molecule has 1 amide bonds. The van der Waals surface area contributed by atoms with Crippen molar-refractivity contribution in [3.8, 4) is 5.88 Å². The van der Waals surface area contributed by atoms with Crippen molar-refractivity contribution >= 4 is 11.6 Å². The Hall–Kier alpha value is -2.37. The average Bonchev–Trinajstić information content (AvgIpc) is 3.27. The van der Waals surface area contributed by atoms with E-state index in [0.717, 1.165) is 43.4 Å². The molecule has 126 valence electrons. The molecule has 1 atom stereocenters. The number of amides is 1. The van der Waals surface area contributed by atoms with Crippen LogP contribution in [0.15, 0.2) is 24.5 Å². The monoisotopic (exact) mass is 326 g/mol. The van der Waals surface area contributed by atoms with E-state index in [9.17, 15) is 4.79 Å². The second-order valence-corrected chi connectivity index (χ2v) is 6.65. The summed E-state index contributed by atoms with van der Waals surface area (Å²) in [6.07, 6.45) is 11.2. The van der Waals surface area contributed by atoms with Gasteiger partial charge in [0.05, 0.1) is 24.0 Å². The number of ether oxygens (including phenoxy) is 1. The molecule has 1 unspecified atom stereocenters. The molecule has 2 aliphatic rings. The standard InChI is InChI=1S/C18H22N4O2/c23-18(14-6-3-7-16-15(14)11-20-22-16)21-12-8-9-17(19-10-12)24-13-4-1-2-5-13/h8-11,13-14H,1-7H2,(H,20,22)(H,21,23). The van der Waals surface area contributed by atoms with Crippen molar-refractivity contribution in [1.82, 2.24) is 15.2 Å². The number of aromatic nitrogens is 3. The summed E-state index contributed by atoms with van der Waals surface area (Å²) >= 11 is 0. The minimum Gasteiger partial charge on any atom is -0.474 e. The van der Waals surface area contributed by atoms with Gasteiger partial charge < -0.3 is 10.1 Å². The predicted octanol–water partition coefficient (Wildman–Crippen LogP) is 3.18. The molecule has 6 heteroatoms. The van der Waals surface area contributed by atoms with E-state index < -0.39 is 0 Å². The van der Waals surface area contributed by atoms with Crippen molar-refractivity contribution in [2.75, 3.05) is 5.32 Å². The Morgan fingerprint density at radius 2 is 2.04 bits per heavy atom. The molecule has 2 aromatic rings. The summed E-state index contributed by atoms with van der Waals surface area (Å²) < 4.78 is 5.85. The summed E-state index contributed by atoms with van der Waals surface area (Å²) in [6.45, 7) is 0. The van der Waals surface area contributed by atoms with Crippen LogP contribution in [0.3, 0.4) is 0 Å². The first-order valence-corrected chi connectivity index (χ1v) is 8.75. The van der Waals surface area contributed by atoms with Gasteiger partial charge in [0.1, 0.15) is 6.10 Å². The highest BCUT2D eigenvalue weighted by molar-refractivity contribution is 5.96. The van der Waals surface area contributed by atoms with E-state index in [1.807, 2.05) is 12.1 Å². The Morgan fingerprint density at radius 3 is 2.83 bits per heavy atom. The van der Waals surface area contributed by atoms with Gasteiger partial charge in [-0.15, -0.1) is 0 Å². The normalized spacial score (nSPS) is 20.6. The molecule has 2 N–H and O–H groups in total. The fraction of sp³-hybridized carbons (Fsp3) is 0.500. The SMILES string of the molecule is O=C(Nc1ccc(OC2CCCC2)nc1)C1CCCc2[nH]ncc21. The summed E-state index contributed by atoms with van der Waals surface area (Å²) in [5.41, 5.74) is 2.81. The zero-order valence-corrected chi connectivity index (χ0v) is 13.6. The highest BCUT2D eigenvalue weighted by Crippen LogP contribution is 2.31. The Morgan fingerprint density at radius 1 is 1.17 bits per heavy atom. The van der Waals surface area contributed by atoms with E-state index in [0.29, 0.717) is 17.7 Å². The number of pyridine rings is 1. The first-order valence-electron chi connectivity index (χ1n) is 8.75. The van der Waals surface area contributed by atoms with E-state index in [4.69, 9.17) is 4.74 Å². The molecule has 1 saturated carbocycles. The maximum Gasteiger partial charge on any atom is 0.232 e. The summed E-state index contributed by atoms with van der Waals surface area (Å²) in [6, 6.07) is 3.69. The topological polar surface area (TPSA) is 79.9 Å². The average molecular weight is 326 g/mol. The summed E-state index contributed by atoms with van der Waals surface area (Å²) in [4.78, 5) is 16.9. The van der Waals surface area contributed by atoms with Crippen LogP contribution >= 0.6 is 0 Å². The molecule has 2 aromatic heterocycles. The second kappa shape index (κ2) is 6.63. The summed E-state index contributed by atoms with van der Waals surface area (Å²) in [5.74, 6) is 0.500. The molecule has 2 heterocycles. The molecule has 0 bridgehead atoms. The number of nitrogens with one attached hydrogen (secondary N) is 2. The van der Waals surface area contributed by atoms with Crippen molar-refractivity contribution in [1.29, 1.82) is 0 Å². The van der Waals surface area contributed by atoms with Crippen LogP contribution in [0.1, 0.15) is 55.7 Å². The molecule has 0 radical (unpaired) electrons. The van der Waals surface area contributed by atoms with Gasteiger partial charge >= 0.3 is 0 Å². The molecule has 4 rings (SSSR count). The molecule has 1 fully saturated rings. The van der Waals surface area contributed by atoms with Crippen LogP contribution < -0.4 is 10.1 Å². The van der Waals surface area contributed by atoms with E-state index in [2.05, 4.69) is 20.5 Å². The molecule has 0 spiro atoms. The van der Waals surface area contributed by atoms with Gasteiger partial charge in [0.2, 0.25) is 11.8 Å². The van der Waals surface area contributed by atoms with E-state index >= 15 is 0 Å². The number of fused-ring (bicyclic) bond motifs is 1. The Labute approximate surface area is 141 Å². The fourth-order valence-electron chi connectivity index (χ4n) is 3.66. The number of carbonyl (C=O) groups excluding carboxylic acids is 1. The third kappa shape index (κ3) is 3.13. The van der Waals surface area contributed by atoms with Crippen LogP contribution in [-0.2, 0) is 11.2 Å². The van der Waals surface area contributed by atoms with E-state index in [-0.39, 0.29) is 11.8 Å². The number of hydrogen-bond acceptors (Lipinski definition) is 4. The van der Waals surface area contributed by atoms with Crippen LogP contribution in [0.2, 0.25) is 0 Å². The molecule has 24 heavy (non-hydrogen) atoms. The van der Waals surface area contributed by atoms with Gasteiger partial charge in [0, 0.05) is 17.3 Å². The van der Waals surface area contributed by atoms with Crippen LogP contribution in [0.25, 0.3) is 0 Å². The van der Waals surface area contributed by atoms with Crippen molar-refractivity contribution in [2.45, 2.75) is 57.0 Å². The van der Waals surface area contributed by atoms with Crippen molar-refractivity contribution in [3.63, 3.8) is 0 Å². The molecule has 6 nitrogen and oxygen atoms in total. The van der Waals surface area contributed by atoms with Gasteiger partial charge in [-0.2, -0.15) is 5.10 Å². The highest BCUT2D eigenvalue weighted by Gasteiger charge is 2.28. The van der Waals surface area contributed by atoms with E-state index in [1.165, 1.54) is 12.8 Å². The lowest BCUT2D eigenvalue weighted by Crippen LogP contribution is -2.24. The number of carbonyl (C=O) groups is 1. The van der Waals surface area contributed by atoms with Crippen molar-refractivity contribution in [3.05, 3.63) is 35.8 Å². The minimum absolute atomic E-state index is 0.00334. The number of aryl methyl sites for hydroxylation is 1. The molecule has 0 aliphatic heterocycles. The number of anilines is 1. The summed E-state index contributed by atoms with van der Waals surface area (Å²) in [5, 5.41) is 10.0. The lowest BCUT2D eigenvalue weighted by molar-refractivity contribution is -0.117. The maximum absolute atomic E-state index is 12.6. The maximum atomic E-state index is 12.6. The number of nitrogens with zero attached hydrogens (tertiary/aromatic N) is 2. The number of H-pyrrole nitrogens is 1. The lowest BCUT2D eigenvalue weighted by Gasteiger charge is -2.21. The molecular weight excluding hydrogens is 304 g/mol. The molecule has 0 aromatic carbocycles. The van der Waals surface area contributed by atoms with Crippen LogP contribution in [0.5, 0.6) is 5.88 Å². The van der Waals surface area contributed by atoms with Crippen molar-refractivity contribution in [2.24, 2.45) is 0 Å². The number of hydrogen-bond donors (Lipinski definition) is 2. The summed E-state index contributed by atoms with van der Waals surface area (Å²) in [7, 11) is 0. The van der Waals surface area contributed by atoms with E-state index in [1.54, 1.807) is 12.4 Å². The smallest absolute Gasteiger partial charge is 0.232 e. The van der Waals surface area contributed by atoms with Gasteiger partial charge in [-0.3, -0.25) is 9.89 Å². The van der Waals surface area contributed by atoms with Crippen LogP contribution in [0, 0.1) is 0 Å².